The molecule has 1 heterocycles. The first-order valence-electron chi connectivity index (χ1n) is 6.77. The molecule has 1 atom stereocenters. The van der Waals surface area contributed by atoms with Gasteiger partial charge in [0.15, 0.2) is 11.6 Å². The zero-order chi connectivity index (χ0) is 14.5. The van der Waals surface area contributed by atoms with Gasteiger partial charge < -0.3 is 5.32 Å². The summed E-state index contributed by atoms with van der Waals surface area (Å²) in [5, 5.41) is 7.68. The molecule has 1 unspecified atom stereocenters. The summed E-state index contributed by atoms with van der Waals surface area (Å²) >= 11 is 0. The number of halogens is 2. The topological polar surface area (TPSA) is 29.9 Å². The summed E-state index contributed by atoms with van der Waals surface area (Å²) in [7, 11) is 1.84. The number of aryl methyl sites for hydroxylation is 1. The molecule has 0 radical (unpaired) electrons. The van der Waals surface area contributed by atoms with Crippen molar-refractivity contribution in [3.8, 4) is 0 Å². The molecule has 0 amide bonds. The van der Waals surface area contributed by atoms with Crippen LogP contribution in [0, 0.1) is 11.6 Å². The van der Waals surface area contributed by atoms with E-state index in [1.165, 1.54) is 6.07 Å². The van der Waals surface area contributed by atoms with Crippen LogP contribution in [-0.4, -0.2) is 16.3 Å². The zero-order valence-electron chi connectivity index (χ0n) is 11.7. The van der Waals surface area contributed by atoms with E-state index in [-0.39, 0.29) is 6.04 Å². The van der Waals surface area contributed by atoms with Crippen LogP contribution < -0.4 is 5.32 Å². The van der Waals surface area contributed by atoms with Gasteiger partial charge >= 0.3 is 0 Å². The summed E-state index contributed by atoms with van der Waals surface area (Å²) in [6.07, 6.45) is 3.19. The second-order valence-corrected chi connectivity index (χ2v) is 4.84. The van der Waals surface area contributed by atoms with Crippen molar-refractivity contribution in [1.82, 2.24) is 15.1 Å². The summed E-state index contributed by atoms with van der Waals surface area (Å²) in [6.45, 7) is 2.86. The van der Waals surface area contributed by atoms with Gasteiger partial charge in [0.1, 0.15) is 0 Å². The number of rotatable bonds is 6. The van der Waals surface area contributed by atoms with E-state index >= 15 is 0 Å². The molecule has 2 aromatic rings. The van der Waals surface area contributed by atoms with E-state index in [0.29, 0.717) is 12.0 Å². The number of nitrogens with one attached hydrogen (secondary N) is 1. The van der Waals surface area contributed by atoms with Gasteiger partial charge in [0, 0.05) is 13.2 Å². The number of aromatic nitrogens is 2. The molecule has 1 aromatic heterocycles. The van der Waals surface area contributed by atoms with Gasteiger partial charge in [-0.15, -0.1) is 0 Å². The third kappa shape index (κ3) is 3.42. The monoisotopic (exact) mass is 279 g/mol. The predicted molar refractivity (Wildman–Crippen MR) is 74.3 cm³/mol. The van der Waals surface area contributed by atoms with E-state index in [1.807, 2.05) is 19.3 Å². The molecule has 0 aliphatic rings. The number of hydrogen-bond acceptors (Lipinski definition) is 2. The van der Waals surface area contributed by atoms with E-state index in [2.05, 4.69) is 17.3 Å². The van der Waals surface area contributed by atoms with Crippen molar-refractivity contribution in [1.29, 1.82) is 0 Å². The highest BCUT2D eigenvalue weighted by Gasteiger charge is 2.17. The van der Waals surface area contributed by atoms with Crippen LogP contribution in [0.25, 0.3) is 0 Å². The lowest BCUT2D eigenvalue weighted by atomic mass is 10.0. The maximum absolute atomic E-state index is 13.8. The van der Waals surface area contributed by atoms with Gasteiger partial charge in [-0.05, 0) is 37.1 Å². The lowest BCUT2D eigenvalue weighted by molar-refractivity contribution is 0.471. The first kappa shape index (κ1) is 14.7. The number of nitrogens with zero attached hydrogens (tertiary/aromatic N) is 2. The molecule has 1 N–H and O–H groups in total. The van der Waals surface area contributed by atoms with Gasteiger partial charge in [-0.2, -0.15) is 5.10 Å². The second kappa shape index (κ2) is 6.61. The third-order valence-corrected chi connectivity index (χ3v) is 3.19. The standard InChI is InChI=1S/C15H19F2N3/c1-3-8-18-14(13-7-9-20(2)19-13)10-11-5-4-6-12(16)15(11)17/h4-7,9,14,18H,3,8,10H2,1-2H3. The van der Waals surface area contributed by atoms with Crippen molar-refractivity contribution in [3.63, 3.8) is 0 Å². The molecule has 108 valence electrons. The minimum atomic E-state index is -0.808. The summed E-state index contributed by atoms with van der Waals surface area (Å²) < 4.78 is 28.8. The smallest absolute Gasteiger partial charge is 0.162 e. The quantitative estimate of drug-likeness (QED) is 0.881. The Balaban J connectivity index is 2.21. The average Bonchev–Trinajstić information content (AvgIpc) is 2.86. The fraction of sp³-hybridized carbons (Fsp3) is 0.400. The van der Waals surface area contributed by atoms with Gasteiger partial charge in [-0.3, -0.25) is 4.68 Å². The first-order valence-corrected chi connectivity index (χ1v) is 6.77. The maximum Gasteiger partial charge on any atom is 0.162 e. The van der Waals surface area contributed by atoms with Crippen molar-refractivity contribution in [3.05, 3.63) is 53.4 Å². The Morgan fingerprint density at radius 3 is 2.75 bits per heavy atom. The fourth-order valence-corrected chi connectivity index (χ4v) is 2.14. The van der Waals surface area contributed by atoms with Crippen molar-refractivity contribution in [2.45, 2.75) is 25.8 Å². The molecular formula is C15H19F2N3. The Bertz CT molecular complexity index is 566. The maximum atomic E-state index is 13.8. The molecule has 0 aliphatic carbocycles. The highest BCUT2D eigenvalue weighted by Crippen LogP contribution is 2.20. The van der Waals surface area contributed by atoms with Gasteiger partial charge in [-0.1, -0.05) is 19.1 Å². The fourth-order valence-electron chi connectivity index (χ4n) is 2.14. The lowest BCUT2D eigenvalue weighted by Gasteiger charge is -2.17. The van der Waals surface area contributed by atoms with Crippen LogP contribution >= 0.6 is 0 Å². The summed E-state index contributed by atoms with van der Waals surface area (Å²) in [6, 6.07) is 6.05. The molecule has 20 heavy (non-hydrogen) atoms. The Morgan fingerprint density at radius 1 is 1.30 bits per heavy atom. The predicted octanol–water partition coefficient (Wildman–Crippen LogP) is 2.98. The van der Waals surface area contributed by atoms with Crippen molar-refractivity contribution in [2.24, 2.45) is 7.05 Å². The molecule has 1 aromatic carbocycles. The molecule has 0 fully saturated rings. The van der Waals surface area contributed by atoms with Crippen LogP contribution in [0.3, 0.4) is 0 Å². The van der Waals surface area contributed by atoms with E-state index in [1.54, 1.807) is 10.7 Å². The van der Waals surface area contributed by atoms with Crippen LogP contribution in [0.15, 0.2) is 30.5 Å². The first-order chi connectivity index (χ1) is 9.61. The van der Waals surface area contributed by atoms with Gasteiger partial charge in [0.05, 0.1) is 11.7 Å². The Kier molecular flexibility index (Phi) is 4.84. The molecule has 0 spiro atoms. The average molecular weight is 279 g/mol. The molecular weight excluding hydrogens is 260 g/mol. The van der Waals surface area contributed by atoms with Gasteiger partial charge in [0.2, 0.25) is 0 Å². The second-order valence-electron chi connectivity index (χ2n) is 4.84. The molecule has 0 bridgehead atoms. The minimum Gasteiger partial charge on any atom is -0.308 e. The third-order valence-electron chi connectivity index (χ3n) is 3.19. The molecule has 5 heteroatoms. The SMILES string of the molecule is CCCNC(Cc1cccc(F)c1F)c1ccn(C)n1. The molecule has 2 rings (SSSR count). The molecule has 0 saturated carbocycles. The van der Waals surface area contributed by atoms with Crippen LogP contribution in [0.5, 0.6) is 0 Å². The number of hydrogen-bond donors (Lipinski definition) is 1. The van der Waals surface area contributed by atoms with Gasteiger partial charge in [-0.25, -0.2) is 8.78 Å². The lowest BCUT2D eigenvalue weighted by Crippen LogP contribution is -2.25. The van der Waals surface area contributed by atoms with Crippen molar-refractivity contribution < 1.29 is 8.78 Å². The normalized spacial score (nSPS) is 12.6. The molecule has 0 aliphatic heterocycles. The molecule has 3 nitrogen and oxygen atoms in total. The van der Waals surface area contributed by atoms with Crippen molar-refractivity contribution >= 4 is 0 Å². The zero-order valence-corrected chi connectivity index (χ0v) is 11.7. The van der Waals surface area contributed by atoms with E-state index in [9.17, 15) is 8.78 Å². The van der Waals surface area contributed by atoms with Crippen LogP contribution in [0.1, 0.15) is 30.6 Å². The van der Waals surface area contributed by atoms with E-state index in [4.69, 9.17) is 0 Å². The number of benzene rings is 1. The van der Waals surface area contributed by atoms with Crippen LogP contribution in [-0.2, 0) is 13.5 Å². The van der Waals surface area contributed by atoms with Crippen LogP contribution in [0.2, 0.25) is 0 Å². The minimum absolute atomic E-state index is 0.118. The van der Waals surface area contributed by atoms with Gasteiger partial charge in [0.25, 0.3) is 0 Å². The largest absolute Gasteiger partial charge is 0.308 e. The Labute approximate surface area is 117 Å². The molecule has 0 saturated heterocycles. The van der Waals surface area contributed by atoms with E-state index in [0.717, 1.165) is 24.7 Å². The van der Waals surface area contributed by atoms with Crippen LogP contribution in [0.4, 0.5) is 8.78 Å². The van der Waals surface area contributed by atoms with Crippen molar-refractivity contribution in [2.75, 3.05) is 6.54 Å². The Morgan fingerprint density at radius 2 is 2.10 bits per heavy atom. The summed E-state index contributed by atoms with van der Waals surface area (Å²) in [5.74, 6) is -1.58. The Hall–Kier alpha value is -1.75. The highest BCUT2D eigenvalue weighted by molar-refractivity contribution is 5.22. The highest BCUT2D eigenvalue weighted by atomic mass is 19.2. The summed E-state index contributed by atoms with van der Waals surface area (Å²) in [5.41, 5.74) is 1.20. The summed E-state index contributed by atoms with van der Waals surface area (Å²) in [4.78, 5) is 0. The van der Waals surface area contributed by atoms with E-state index < -0.39 is 11.6 Å².